The summed E-state index contributed by atoms with van der Waals surface area (Å²) in [7, 11) is 0. The zero-order valence-corrected chi connectivity index (χ0v) is 20.6. The van der Waals surface area contributed by atoms with Crippen molar-refractivity contribution in [3.8, 4) is 5.88 Å². The number of nitrogens with zero attached hydrogens (tertiary/aromatic N) is 3. The van der Waals surface area contributed by atoms with Gasteiger partial charge in [0.15, 0.2) is 0 Å². The van der Waals surface area contributed by atoms with Gasteiger partial charge in [-0.15, -0.1) is 0 Å². The normalized spacial score (nSPS) is 22.8. The fourth-order valence-corrected chi connectivity index (χ4v) is 4.83. The van der Waals surface area contributed by atoms with Crippen LogP contribution in [-0.4, -0.2) is 33.1 Å². The SMILES string of the molecule is C[C@H]1OC(=O)c2ccc(Nc3cc4c(C(C)(N)C5CC5)cnc(OC5CC5)c4cn3)nc2C1(C)C. The van der Waals surface area contributed by atoms with Crippen molar-refractivity contribution in [1.29, 1.82) is 0 Å². The van der Waals surface area contributed by atoms with E-state index in [1.165, 1.54) is 0 Å². The Kier molecular flexibility index (Phi) is 4.84. The molecule has 1 unspecified atom stereocenters. The van der Waals surface area contributed by atoms with Crippen molar-refractivity contribution in [2.24, 2.45) is 11.7 Å². The molecule has 0 radical (unpaired) electrons. The molecule has 0 spiro atoms. The Bertz CT molecular complexity index is 1340. The van der Waals surface area contributed by atoms with Crippen molar-refractivity contribution >= 4 is 28.4 Å². The van der Waals surface area contributed by atoms with Crippen LogP contribution in [0.1, 0.15) is 75.0 Å². The second-order valence-electron chi connectivity index (χ2n) is 11.0. The summed E-state index contributed by atoms with van der Waals surface area (Å²) < 4.78 is 11.6. The number of cyclic esters (lactones) is 1. The van der Waals surface area contributed by atoms with E-state index < -0.39 is 11.0 Å². The van der Waals surface area contributed by atoms with Gasteiger partial charge in [-0.1, -0.05) is 13.8 Å². The van der Waals surface area contributed by atoms with Crippen molar-refractivity contribution in [3.05, 3.63) is 47.4 Å². The molecule has 2 fully saturated rings. The summed E-state index contributed by atoms with van der Waals surface area (Å²) in [5.41, 5.74) is 8.17. The zero-order chi connectivity index (χ0) is 24.5. The summed E-state index contributed by atoms with van der Waals surface area (Å²) in [4.78, 5) is 26.5. The summed E-state index contributed by atoms with van der Waals surface area (Å²) >= 11 is 0. The summed E-state index contributed by atoms with van der Waals surface area (Å²) in [6, 6.07) is 5.55. The summed E-state index contributed by atoms with van der Waals surface area (Å²) in [5.74, 6) is 1.98. The van der Waals surface area contributed by atoms with Gasteiger partial charge in [0.2, 0.25) is 5.88 Å². The predicted octanol–water partition coefficient (Wildman–Crippen LogP) is 4.73. The van der Waals surface area contributed by atoms with Crippen LogP contribution < -0.4 is 15.8 Å². The highest BCUT2D eigenvalue weighted by Gasteiger charge is 2.42. The minimum absolute atomic E-state index is 0.235. The summed E-state index contributed by atoms with van der Waals surface area (Å²) in [6.07, 6.45) is 8.00. The van der Waals surface area contributed by atoms with E-state index in [0.717, 1.165) is 47.7 Å². The molecule has 6 rings (SSSR count). The first-order valence-corrected chi connectivity index (χ1v) is 12.4. The van der Waals surface area contributed by atoms with E-state index in [4.69, 9.17) is 20.2 Å². The Morgan fingerprint density at radius 3 is 2.60 bits per heavy atom. The first kappa shape index (κ1) is 22.2. The number of nitrogens with two attached hydrogens (primary N) is 1. The van der Waals surface area contributed by atoms with Crippen LogP contribution in [0.5, 0.6) is 5.88 Å². The fourth-order valence-electron chi connectivity index (χ4n) is 4.83. The van der Waals surface area contributed by atoms with Crippen LogP contribution in [0.4, 0.5) is 11.6 Å². The molecule has 0 saturated heterocycles. The molecular formula is C27H31N5O3. The molecular weight excluding hydrogens is 442 g/mol. The number of ether oxygens (including phenoxy) is 2. The van der Waals surface area contributed by atoms with E-state index in [-0.39, 0.29) is 18.2 Å². The monoisotopic (exact) mass is 473 g/mol. The number of hydrogen-bond acceptors (Lipinski definition) is 8. The lowest BCUT2D eigenvalue weighted by Gasteiger charge is -2.36. The Balaban J connectivity index is 1.40. The zero-order valence-electron chi connectivity index (χ0n) is 20.6. The molecule has 3 aliphatic rings. The molecule has 0 amide bonds. The number of esters is 1. The molecule has 4 heterocycles. The minimum Gasteiger partial charge on any atom is -0.474 e. The third-order valence-corrected chi connectivity index (χ3v) is 7.83. The van der Waals surface area contributed by atoms with Crippen LogP contribution in [0.25, 0.3) is 10.8 Å². The van der Waals surface area contributed by atoms with Gasteiger partial charge >= 0.3 is 5.97 Å². The minimum atomic E-state index is -0.480. The number of carbonyl (C=O) groups is 1. The standard InChI is InChI=1S/C27H31N5O3/c1-14-26(2,3)23-17(25(33)34-14)9-10-21(32-23)31-22-11-18-19(12-29-22)24(35-16-7-8-16)30-13-20(18)27(4,28)15-5-6-15/h9-16H,5-8,28H2,1-4H3,(H,29,31,32)/t14-,27?/m1/s1. The van der Waals surface area contributed by atoms with Gasteiger partial charge in [0, 0.05) is 23.3 Å². The van der Waals surface area contributed by atoms with E-state index in [1.807, 2.05) is 33.0 Å². The molecule has 1 aliphatic heterocycles. The van der Waals surface area contributed by atoms with Crippen LogP contribution in [-0.2, 0) is 15.7 Å². The molecule has 3 aromatic rings. The highest BCUT2D eigenvalue weighted by molar-refractivity contribution is 5.93. The lowest BCUT2D eigenvalue weighted by atomic mass is 9.79. The van der Waals surface area contributed by atoms with Crippen LogP contribution in [0.3, 0.4) is 0 Å². The summed E-state index contributed by atoms with van der Waals surface area (Å²) in [6.45, 7) is 8.06. The molecule has 0 aromatic carbocycles. The van der Waals surface area contributed by atoms with E-state index in [2.05, 4.69) is 22.2 Å². The third-order valence-electron chi connectivity index (χ3n) is 7.83. The third kappa shape index (κ3) is 3.80. The number of anilines is 2. The lowest BCUT2D eigenvalue weighted by Crippen LogP contribution is -2.42. The van der Waals surface area contributed by atoms with E-state index in [1.54, 1.807) is 18.3 Å². The topological polar surface area (TPSA) is 112 Å². The van der Waals surface area contributed by atoms with Gasteiger partial charge in [-0.05, 0) is 74.6 Å². The lowest BCUT2D eigenvalue weighted by molar-refractivity contribution is 0.00864. The molecule has 2 aliphatic carbocycles. The van der Waals surface area contributed by atoms with Crippen molar-refractivity contribution in [2.75, 3.05) is 5.32 Å². The van der Waals surface area contributed by atoms with Gasteiger partial charge in [-0.3, -0.25) is 0 Å². The number of hydrogen-bond donors (Lipinski definition) is 2. The Morgan fingerprint density at radius 1 is 1.11 bits per heavy atom. The van der Waals surface area contributed by atoms with Crippen LogP contribution >= 0.6 is 0 Å². The Morgan fingerprint density at radius 2 is 1.89 bits per heavy atom. The fraction of sp³-hybridized carbons (Fsp3) is 0.481. The molecule has 8 nitrogen and oxygen atoms in total. The molecule has 2 saturated carbocycles. The highest BCUT2D eigenvalue weighted by Crippen LogP contribution is 2.46. The first-order valence-electron chi connectivity index (χ1n) is 12.4. The largest absolute Gasteiger partial charge is 0.474 e. The van der Waals surface area contributed by atoms with Gasteiger partial charge in [0.1, 0.15) is 23.8 Å². The number of aromatic nitrogens is 3. The molecule has 2 atom stereocenters. The van der Waals surface area contributed by atoms with Crippen LogP contribution in [0.2, 0.25) is 0 Å². The number of pyridine rings is 3. The van der Waals surface area contributed by atoms with Crippen molar-refractivity contribution < 1.29 is 14.3 Å². The van der Waals surface area contributed by atoms with Crippen molar-refractivity contribution in [1.82, 2.24) is 15.0 Å². The number of fused-ring (bicyclic) bond motifs is 2. The average Bonchev–Trinajstić information content (AvgIpc) is 3.72. The Hall–Kier alpha value is -3.26. The molecule has 3 N–H and O–H groups in total. The van der Waals surface area contributed by atoms with Crippen LogP contribution in [0.15, 0.2) is 30.6 Å². The van der Waals surface area contributed by atoms with Crippen molar-refractivity contribution in [3.63, 3.8) is 0 Å². The second-order valence-corrected chi connectivity index (χ2v) is 11.0. The number of rotatable bonds is 6. The van der Waals surface area contributed by atoms with E-state index >= 15 is 0 Å². The number of carbonyl (C=O) groups excluding carboxylic acids is 1. The maximum absolute atomic E-state index is 12.4. The predicted molar refractivity (Wildman–Crippen MR) is 133 cm³/mol. The molecule has 0 bridgehead atoms. The van der Waals surface area contributed by atoms with Gasteiger partial charge < -0.3 is 20.5 Å². The van der Waals surface area contributed by atoms with E-state index in [9.17, 15) is 4.79 Å². The maximum Gasteiger partial charge on any atom is 0.340 e. The van der Waals surface area contributed by atoms with E-state index in [0.29, 0.717) is 29.0 Å². The summed E-state index contributed by atoms with van der Waals surface area (Å²) in [5, 5.41) is 5.19. The second kappa shape index (κ2) is 7.62. The van der Waals surface area contributed by atoms with Gasteiger partial charge in [-0.2, -0.15) is 0 Å². The van der Waals surface area contributed by atoms with Crippen LogP contribution in [0, 0.1) is 5.92 Å². The van der Waals surface area contributed by atoms with Gasteiger partial charge in [-0.25, -0.2) is 19.7 Å². The number of nitrogens with one attached hydrogen (secondary N) is 1. The molecule has 35 heavy (non-hydrogen) atoms. The quantitative estimate of drug-likeness (QED) is 0.494. The molecule has 3 aromatic heterocycles. The highest BCUT2D eigenvalue weighted by atomic mass is 16.5. The Labute approximate surface area is 204 Å². The smallest absolute Gasteiger partial charge is 0.340 e. The first-order chi connectivity index (χ1) is 16.6. The van der Waals surface area contributed by atoms with Crippen molar-refractivity contribution in [2.45, 2.75) is 76.5 Å². The average molecular weight is 474 g/mol. The maximum atomic E-state index is 12.4. The van der Waals surface area contributed by atoms with Gasteiger partial charge in [0.25, 0.3) is 0 Å². The molecule has 8 heteroatoms. The molecule has 182 valence electrons. The van der Waals surface area contributed by atoms with Gasteiger partial charge in [0.05, 0.1) is 16.6 Å².